The summed E-state index contributed by atoms with van der Waals surface area (Å²) in [4.78, 5) is 13.8. The van der Waals surface area contributed by atoms with Crippen LogP contribution >= 0.6 is 0 Å². The Morgan fingerprint density at radius 3 is 2.88 bits per heavy atom. The fraction of sp³-hybridized carbons (Fsp3) is 0.300. The highest BCUT2D eigenvalue weighted by Gasteiger charge is 2.08. The maximum Gasteiger partial charge on any atom is 0.224 e. The van der Waals surface area contributed by atoms with Crippen molar-refractivity contribution in [2.24, 2.45) is 5.11 Å². The molecule has 0 unspecified atom stereocenters. The number of carbonyl (C=O) groups excluding carboxylic acids is 1. The second-order valence-corrected chi connectivity index (χ2v) is 3.22. The normalized spacial score (nSPS) is 9.53. The summed E-state index contributed by atoms with van der Waals surface area (Å²) in [6.07, 6.45) is -0.178. The van der Waals surface area contributed by atoms with Crippen molar-refractivity contribution in [1.82, 2.24) is 5.32 Å². The van der Waals surface area contributed by atoms with Crippen molar-refractivity contribution in [1.29, 1.82) is 0 Å². The minimum atomic E-state index is -0.754. The van der Waals surface area contributed by atoms with Gasteiger partial charge in [0.05, 0.1) is 6.42 Å². The van der Waals surface area contributed by atoms with Crippen LogP contribution in [0.1, 0.15) is 5.56 Å². The molecule has 0 saturated carbocycles. The molecule has 5 nitrogen and oxygen atoms in total. The molecule has 0 saturated heterocycles. The maximum absolute atomic E-state index is 13.2. The van der Waals surface area contributed by atoms with Crippen molar-refractivity contribution in [3.63, 3.8) is 0 Å². The first kappa shape index (κ1) is 12.9. The molecular weight excluding hydrogens is 230 g/mol. The van der Waals surface area contributed by atoms with Crippen molar-refractivity contribution in [3.05, 3.63) is 45.8 Å². The summed E-state index contributed by atoms with van der Waals surface area (Å²) in [7, 11) is 0. The summed E-state index contributed by atoms with van der Waals surface area (Å²) in [6, 6.07) is 3.03. The number of hydrogen-bond acceptors (Lipinski definition) is 2. The molecule has 1 aromatic carbocycles. The van der Waals surface area contributed by atoms with Gasteiger partial charge in [0, 0.05) is 24.1 Å². The van der Waals surface area contributed by atoms with E-state index in [1.54, 1.807) is 0 Å². The molecule has 0 bridgehead atoms. The van der Waals surface area contributed by atoms with Crippen molar-refractivity contribution in [2.75, 3.05) is 13.1 Å². The zero-order chi connectivity index (χ0) is 12.7. The van der Waals surface area contributed by atoms with E-state index in [1.807, 2.05) is 0 Å². The number of benzene rings is 1. The first-order valence-electron chi connectivity index (χ1n) is 4.85. The van der Waals surface area contributed by atoms with E-state index >= 15 is 0 Å². The summed E-state index contributed by atoms with van der Waals surface area (Å²) in [5, 5.41) is 5.67. The predicted octanol–water partition coefficient (Wildman–Crippen LogP) is 1.93. The molecule has 0 atom stereocenters. The number of nitrogens with one attached hydrogen (secondary N) is 1. The van der Waals surface area contributed by atoms with Gasteiger partial charge < -0.3 is 5.32 Å². The van der Waals surface area contributed by atoms with E-state index in [9.17, 15) is 13.6 Å². The number of rotatable bonds is 5. The van der Waals surface area contributed by atoms with Crippen molar-refractivity contribution >= 4 is 5.91 Å². The van der Waals surface area contributed by atoms with Gasteiger partial charge in [0.1, 0.15) is 11.6 Å². The topological polar surface area (TPSA) is 77.9 Å². The van der Waals surface area contributed by atoms with Gasteiger partial charge in [-0.3, -0.25) is 4.79 Å². The standard InChI is InChI=1S/C10H10F2N4O/c11-8-2-1-7(9(12)6-8)5-10(17)14-3-4-15-16-13/h1-2,6H,3-5H2,(H,14,17). The zero-order valence-corrected chi connectivity index (χ0v) is 8.86. The first-order valence-corrected chi connectivity index (χ1v) is 4.85. The van der Waals surface area contributed by atoms with Crippen molar-refractivity contribution < 1.29 is 13.6 Å². The molecular formula is C10H10F2N4O. The molecule has 1 aromatic rings. The van der Waals surface area contributed by atoms with Crippen LogP contribution in [0.4, 0.5) is 8.78 Å². The summed E-state index contributed by atoms with van der Waals surface area (Å²) in [6.45, 7) is 0.319. The molecule has 17 heavy (non-hydrogen) atoms. The average Bonchev–Trinajstić information content (AvgIpc) is 2.28. The molecule has 7 heteroatoms. The largest absolute Gasteiger partial charge is 0.356 e. The molecule has 0 heterocycles. The lowest BCUT2D eigenvalue weighted by molar-refractivity contribution is -0.120. The predicted molar refractivity (Wildman–Crippen MR) is 57.1 cm³/mol. The van der Waals surface area contributed by atoms with Gasteiger partial charge in [0.25, 0.3) is 0 Å². The van der Waals surface area contributed by atoms with Crippen LogP contribution in [0, 0.1) is 11.6 Å². The van der Waals surface area contributed by atoms with E-state index in [1.165, 1.54) is 6.07 Å². The van der Waals surface area contributed by atoms with Crippen LogP contribution < -0.4 is 5.32 Å². The smallest absolute Gasteiger partial charge is 0.224 e. The van der Waals surface area contributed by atoms with Gasteiger partial charge in [-0.1, -0.05) is 11.2 Å². The van der Waals surface area contributed by atoms with Crippen LogP contribution in [0.3, 0.4) is 0 Å². The Hall–Kier alpha value is -2.14. The minimum absolute atomic E-state index is 0.118. The number of hydrogen-bond donors (Lipinski definition) is 1. The number of azide groups is 1. The lowest BCUT2D eigenvalue weighted by Gasteiger charge is -2.04. The van der Waals surface area contributed by atoms with Gasteiger partial charge in [-0.2, -0.15) is 0 Å². The molecule has 1 amide bonds. The Labute approximate surface area is 96.1 Å². The maximum atomic E-state index is 13.2. The van der Waals surface area contributed by atoms with E-state index in [0.29, 0.717) is 0 Å². The van der Waals surface area contributed by atoms with Crippen molar-refractivity contribution in [3.8, 4) is 0 Å². The highest BCUT2D eigenvalue weighted by Crippen LogP contribution is 2.09. The van der Waals surface area contributed by atoms with Crippen LogP contribution in [0.5, 0.6) is 0 Å². The molecule has 1 rings (SSSR count). The molecule has 0 spiro atoms. The Bertz CT molecular complexity index is 458. The minimum Gasteiger partial charge on any atom is -0.356 e. The number of nitrogens with zero attached hydrogens (tertiary/aromatic N) is 3. The molecule has 0 aromatic heterocycles. The summed E-state index contributed by atoms with van der Waals surface area (Å²) < 4.78 is 25.8. The Morgan fingerprint density at radius 1 is 1.47 bits per heavy atom. The fourth-order valence-electron chi connectivity index (χ4n) is 1.19. The summed E-state index contributed by atoms with van der Waals surface area (Å²) in [5.74, 6) is -1.85. The molecule has 0 radical (unpaired) electrons. The first-order chi connectivity index (χ1) is 8.13. The van der Waals surface area contributed by atoms with Crippen LogP contribution in [-0.4, -0.2) is 19.0 Å². The Morgan fingerprint density at radius 2 is 2.24 bits per heavy atom. The molecule has 0 aliphatic rings. The highest BCUT2D eigenvalue weighted by molar-refractivity contribution is 5.78. The molecule has 0 fully saturated rings. The van der Waals surface area contributed by atoms with E-state index in [2.05, 4.69) is 15.3 Å². The van der Waals surface area contributed by atoms with Crippen LogP contribution in [-0.2, 0) is 11.2 Å². The highest BCUT2D eigenvalue weighted by atomic mass is 19.1. The third-order valence-corrected chi connectivity index (χ3v) is 1.96. The number of halogens is 2. The van der Waals surface area contributed by atoms with E-state index in [-0.39, 0.29) is 25.1 Å². The van der Waals surface area contributed by atoms with Gasteiger partial charge in [-0.25, -0.2) is 8.78 Å². The third-order valence-electron chi connectivity index (χ3n) is 1.96. The molecule has 1 N–H and O–H groups in total. The average molecular weight is 240 g/mol. The lowest BCUT2D eigenvalue weighted by Crippen LogP contribution is -2.27. The lowest BCUT2D eigenvalue weighted by atomic mass is 10.1. The molecule has 0 aliphatic carbocycles. The van der Waals surface area contributed by atoms with E-state index < -0.39 is 17.5 Å². The summed E-state index contributed by atoms with van der Waals surface area (Å²) in [5.41, 5.74) is 8.11. The summed E-state index contributed by atoms with van der Waals surface area (Å²) >= 11 is 0. The second-order valence-electron chi connectivity index (χ2n) is 3.22. The van der Waals surface area contributed by atoms with Gasteiger partial charge >= 0.3 is 0 Å². The van der Waals surface area contributed by atoms with Gasteiger partial charge in [-0.15, -0.1) is 0 Å². The third kappa shape index (κ3) is 4.48. The van der Waals surface area contributed by atoms with Crippen LogP contribution in [0.15, 0.2) is 23.3 Å². The monoisotopic (exact) mass is 240 g/mol. The van der Waals surface area contributed by atoms with Crippen LogP contribution in [0.2, 0.25) is 0 Å². The van der Waals surface area contributed by atoms with Crippen LogP contribution in [0.25, 0.3) is 10.4 Å². The Kier molecular flexibility index (Phi) is 4.90. The number of amides is 1. The van der Waals surface area contributed by atoms with Gasteiger partial charge in [0.2, 0.25) is 5.91 Å². The quantitative estimate of drug-likeness (QED) is 0.363. The van der Waals surface area contributed by atoms with Crippen molar-refractivity contribution in [2.45, 2.75) is 6.42 Å². The zero-order valence-electron chi connectivity index (χ0n) is 8.86. The molecule has 0 aliphatic heterocycles. The Balaban J connectivity index is 2.47. The van der Waals surface area contributed by atoms with Gasteiger partial charge in [0.15, 0.2) is 0 Å². The molecule has 90 valence electrons. The second kappa shape index (κ2) is 6.44. The van der Waals surface area contributed by atoms with Gasteiger partial charge in [-0.05, 0) is 17.2 Å². The van der Waals surface area contributed by atoms with E-state index in [0.717, 1.165) is 12.1 Å². The fourth-order valence-corrected chi connectivity index (χ4v) is 1.19. The van der Waals surface area contributed by atoms with E-state index in [4.69, 9.17) is 5.53 Å². The number of carbonyl (C=O) groups is 1. The SMILES string of the molecule is [N-]=[N+]=NCCNC(=O)Cc1ccc(F)cc1F.